The molecule has 0 aromatic rings. The van der Waals surface area contributed by atoms with Crippen LogP contribution < -0.4 is 18.9 Å². The molecular formula is C6H9LiO6. The van der Waals surface area contributed by atoms with Gasteiger partial charge >= 0.3 is 24.8 Å². The molecule has 1 aliphatic heterocycles. The van der Waals surface area contributed by atoms with Crippen LogP contribution in [0.25, 0.3) is 0 Å². The van der Waals surface area contributed by atoms with Crippen LogP contribution in [-0.4, -0.2) is 45.2 Å². The van der Waals surface area contributed by atoms with E-state index in [9.17, 15) is 4.79 Å². The number of carbonyl (C=O) groups is 1. The summed E-state index contributed by atoms with van der Waals surface area (Å²) in [5, 5.41) is 35.0. The standard InChI is InChI=1S/C6H8O6.Li.H/c7-1-2(8)5-3(9)4(10)6(11)12-5;;/h2,5,7-10H,1H2;;/q;+1;-1/t2?,5-;;/m1../s1. The smallest absolute Gasteiger partial charge is 1.00 e. The zero-order valence-corrected chi connectivity index (χ0v) is 6.97. The molecule has 1 rings (SSSR count). The van der Waals surface area contributed by atoms with Gasteiger partial charge in [0.2, 0.25) is 5.76 Å². The van der Waals surface area contributed by atoms with Crippen LogP contribution in [-0.2, 0) is 9.53 Å². The molecule has 0 spiro atoms. The third-order valence-electron chi connectivity index (χ3n) is 1.48. The molecule has 2 atom stereocenters. The SMILES string of the molecule is O=C1O[C@H](C(O)CO)C(O)=C1O.[H-].[Li+]. The van der Waals surface area contributed by atoms with Gasteiger partial charge in [0.05, 0.1) is 6.61 Å². The molecule has 6 nitrogen and oxygen atoms in total. The van der Waals surface area contributed by atoms with Crippen molar-refractivity contribution in [3.8, 4) is 0 Å². The van der Waals surface area contributed by atoms with Crippen molar-refractivity contribution in [1.29, 1.82) is 0 Å². The van der Waals surface area contributed by atoms with Crippen LogP contribution >= 0.6 is 0 Å². The van der Waals surface area contributed by atoms with Crippen LogP contribution in [0.4, 0.5) is 0 Å². The molecule has 1 aliphatic rings. The number of hydrogen-bond donors (Lipinski definition) is 4. The van der Waals surface area contributed by atoms with E-state index in [4.69, 9.17) is 20.4 Å². The molecule has 0 radical (unpaired) electrons. The molecule has 4 N–H and O–H groups in total. The van der Waals surface area contributed by atoms with E-state index in [2.05, 4.69) is 4.74 Å². The van der Waals surface area contributed by atoms with Crippen LogP contribution in [0.5, 0.6) is 0 Å². The second-order valence-corrected chi connectivity index (χ2v) is 2.31. The number of ether oxygens (including phenoxy) is 1. The maximum atomic E-state index is 10.5. The van der Waals surface area contributed by atoms with Gasteiger partial charge in [0.1, 0.15) is 6.10 Å². The molecule has 1 unspecified atom stereocenters. The third kappa shape index (κ3) is 2.17. The van der Waals surface area contributed by atoms with Gasteiger partial charge in [0.15, 0.2) is 11.9 Å². The van der Waals surface area contributed by atoms with Crippen LogP contribution in [0.2, 0.25) is 0 Å². The van der Waals surface area contributed by atoms with Crippen molar-refractivity contribution in [3.63, 3.8) is 0 Å². The summed E-state index contributed by atoms with van der Waals surface area (Å²) in [6.07, 6.45) is -2.78. The van der Waals surface area contributed by atoms with Gasteiger partial charge in [-0.3, -0.25) is 0 Å². The van der Waals surface area contributed by atoms with Crippen LogP contribution in [0.3, 0.4) is 0 Å². The Labute approximate surface area is 87.1 Å². The summed E-state index contributed by atoms with van der Waals surface area (Å²) >= 11 is 0. The number of carbonyl (C=O) groups excluding carboxylic acids is 1. The van der Waals surface area contributed by atoms with Crippen LogP contribution in [0.15, 0.2) is 11.5 Å². The zero-order chi connectivity index (χ0) is 9.30. The molecule has 0 aromatic heterocycles. The first kappa shape index (κ1) is 12.3. The van der Waals surface area contributed by atoms with E-state index < -0.39 is 36.3 Å². The van der Waals surface area contributed by atoms with Crippen molar-refractivity contribution in [1.82, 2.24) is 0 Å². The minimum absolute atomic E-state index is 0. The topological polar surface area (TPSA) is 107 Å². The minimum Gasteiger partial charge on any atom is -1.00 e. The molecule has 1 heterocycles. The number of cyclic esters (lactones) is 1. The van der Waals surface area contributed by atoms with Gasteiger partial charge in [-0.05, 0) is 0 Å². The number of aliphatic hydroxyl groups excluding tert-OH is 4. The van der Waals surface area contributed by atoms with Crippen molar-refractivity contribution in [2.24, 2.45) is 0 Å². The second kappa shape index (κ2) is 4.53. The summed E-state index contributed by atoms with van der Waals surface area (Å²) in [6, 6.07) is 0. The fraction of sp³-hybridized carbons (Fsp3) is 0.500. The van der Waals surface area contributed by atoms with Gasteiger partial charge in [0, 0.05) is 0 Å². The number of aliphatic hydroxyl groups is 4. The predicted octanol–water partition coefficient (Wildman–Crippen LogP) is -4.29. The summed E-state index contributed by atoms with van der Waals surface area (Å²) in [5.41, 5.74) is 0. The average molecular weight is 184 g/mol. The molecule has 7 heteroatoms. The van der Waals surface area contributed by atoms with E-state index in [0.717, 1.165) is 0 Å². The maximum absolute atomic E-state index is 10.5. The fourth-order valence-corrected chi connectivity index (χ4v) is 0.823. The summed E-state index contributed by atoms with van der Waals surface area (Å²) in [7, 11) is 0. The Morgan fingerprint density at radius 2 is 2.08 bits per heavy atom. The summed E-state index contributed by atoms with van der Waals surface area (Å²) in [5.74, 6) is -2.78. The van der Waals surface area contributed by atoms with Gasteiger partial charge in [-0.2, -0.15) is 0 Å². The van der Waals surface area contributed by atoms with Crippen molar-refractivity contribution in [2.45, 2.75) is 12.2 Å². The van der Waals surface area contributed by atoms with Gasteiger partial charge in [-0.1, -0.05) is 0 Å². The van der Waals surface area contributed by atoms with Crippen molar-refractivity contribution in [3.05, 3.63) is 11.5 Å². The molecule has 0 aromatic carbocycles. The van der Waals surface area contributed by atoms with Crippen molar-refractivity contribution < 1.29 is 50.2 Å². The molecule has 70 valence electrons. The first-order valence-corrected chi connectivity index (χ1v) is 3.20. The normalized spacial score (nSPS) is 23.8. The number of esters is 1. The first-order chi connectivity index (χ1) is 5.57. The molecule has 0 aliphatic carbocycles. The Morgan fingerprint density at radius 1 is 1.54 bits per heavy atom. The molecule has 0 fully saturated rings. The molecule has 0 saturated carbocycles. The zero-order valence-electron chi connectivity index (χ0n) is 7.97. The quantitative estimate of drug-likeness (QED) is 0.255. The molecular weight excluding hydrogens is 175 g/mol. The van der Waals surface area contributed by atoms with E-state index in [1.54, 1.807) is 0 Å². The van der Waals surface area contributed by atoms with E-state index in [-0.39, 0.29) is 20.3 Å². The second-order valence-electron chi connectivity index (χ2n) is 2.31. The summed E-state index contributed by atoms with van der Waals surface area (Å²) < 4.78 is 4.32. The van der Waals surface area contributed by atoms with E-state index >= 15 is 0 Å². The van der Waals surface area contributed by atoms with Crippen LogP contribution in [0.1, 0.15) is 1.43 Å². The molecule has 0 saturated heterocycles. The van der Waals surface area contributed by atoms with E-state index in [1.807, 2.05) is 0 Å². The number of hydrogen-bond acceptors (Lipinski definition) is 6. The van der Waals surface area contributed by atoms with Gasteiger partial charge < -0.3 is 26.6 Å². The van der Waals surface area contributed by atoms with E-state index in [1.165, 1.54) is 0 Å². The Kier molecular flexibility index (Phi) is 4.30. The Balaban J connectivity index is 0. The summed E-state index contributed by atoms with van der Waals surface area (Å²) in [4.78, 5) is 10.5. The van der Waals surface area contributed by atoms with Gasteiger partial charge in [0.25, 0.3) is 0 Å². The van der Waals surface area contributed by atoms with Gasteiger partial charge in [-0.15, -0.1) is 0 Å². The van der Waals surface area contributed by atoms with Crippen molar-refractivity contribution >= 4 is 5.97 Å². The molecule has 13 heavy (non-hydrogen) atoms. The summed E-state index contributed by atoms with van der Waals surface area (Å²) in [6.45, 7) is -0.671. The molecule has 0 amide bonds. The van der Waals surface area contributed by atoms with Crippen molar-refractivity contribution in [2.75, 3.05) is 6.61 Å². The monoisotopic (exact) mass is 184 g/mol. The Bertz CT molecular complexity index is 242. The maximum Gasteiger partial charge on any atom is 1.00 e. The predicted molar refractivity (Wildman–Crippen MR) is 36.4 cm³/mol. The third-order valence-corrected chi connectivity index (χ3v) is 1.48. The fourth-order valence-electron chi connectivity index (χ4n) is 0.823. The van der Waals surface area contributed by atoms with E-state index in [0.29, 0.717) is 0 Å². The largest absolute Gasteiger partial charge is 1.00 e. The number of rotatable bonds is 2. The van der Waals surface area contributed by atoms with Crippen LogP contribution in [0, 0.1) is 0 Å². The average Bonchev–Trinajstić information content (AvgIpc) is 2.32. The van der Waals surface area contributed by atoms with Gasteiger partial charge in [-0.25, -0.2) is 4.79 Å². The first-order valence-electron chi connectivity index (χ1n) is 3.20. The Hall–Kier alpha value is -0.673. The molecule has 0 bridgehead atoms. The minimum atomic E-state index is -1.42. The Morgan fingerprint density at radius 3 is 2.38 bits per heavy atom.